The molecule has 0 unspecified atom stereocenters. The second kappa shape index (κ2) is 5.00. The molecule has 2 aromatic rings. The van der Waals surface area contributed by atoms with Gasteiger partial charge in [-0.3, -0.25) is 9.20 Å². The molecule has 5 nitrogen and oxygen atoms in total. The zero-order valence-electron chi connectivity index (χ0n) is 12.7. The monoisotopic (exact) mass is 308 g/mol. The number of fused-ring (bicyclic) bond motifs is 1. The maximum atomic E-state index is 12.9. The van der Waals surface area contributed by atoms with E-state index < -0.39 is 12.2 Å². The number of carbonyl (C=O) groups excluding carboxylic acids is 1. The van der Waals surface area contributed by atoms with Gasteiger partial charge in [0.05, 0.1) is 5.56 Å². The van der Waals surface area contributed by atoms with Crippen LogP contribution in [0.5, 0.6) is 0 Å². The van der Waals surface area contributed by atoms with E-state index in [0.717, 1.165) is 12.8 Å². The predicted octanol–water partition coefficient (Wildman–Crippen LogP) is 2.89. The van der Waals surface area contributed by atoms with E-state index in [1.807, 2.05) is 13.8 Å². The van der Waals surface area contributed by atoms with E-state index in [-0.39, 0.29) is 17.1 Å². The lowest BCUT2D eigenvalue weighted by Gasteiger charge is -2.25. The maximum Gasteiger partial charge on any atom is 0.297 e. The Morgan fingerprint density at radius 2 is 2.09 bits per heavy atom. The van der Waals surface area contributed by atoms with Gasteiger partial charge < -0.3 is 5.32 Å². The fourth-order valence-electron chi connectivity index (χ4n) is 2.69. The third kappa shape index (κ3) is 2.55. The largest absolute Gasteiger partial charge is 0.347 e. The van der Waals surface area contributed by atoms with Crippen LogP contribution in [0.25, 0.3) is 5.65 Å². The van der Waals surface area contributed by atoms with Crippen molar-refractivity contribution in [1.82, 2.24) is 19.7 Å². The van der Waals surface area contributed by atoms with Crippen molar-refractivity contribution in [3.63, 3.8) is 0 Å². The van der Waals surface area contributed by atoms with E-state index in [1.165, 1.54) is 0 Å². The maximum absolute atomic E-state index is 12.9. The summed E-state index contributed by atoms with van der Waals surface area (Å²) in [6.07, 6.45) is 1.05. The first-order valence-electron chi connectivity index (χ1n) is 7.26. The van der Waals surface area contributed by atoms with Crippen LogP contribution in [-0.4, -0.2) is 25.8 Å². The molecule has 7 heteroatoms. The third-order valence-electron chi connectivity index (χ3n) is 4.18. The van der Waals surface area contributed by atoms with Crippen LogP contribution in [0, 0.1) is 12.8 Å². The number of rotatable bonds is 4. The standard InChI is InChI=1S/C15H18F2N4O/c1-8-18-12(11(16)17)19-13-10(6-7-21(8)13)14(22)20-15(2,3)9-4-5-9/h6-7,9,11H,4-5H2,1-3H3,(H,20,22). The van der Waals surface area contributed by atoms with Crippen molar-refractivity contribution in [2.45, 2.75) is 45.6 Å². The first kappa shape index (κ1) is 14.9. The summed E-state index contributed by atoms with van der Waals surface area (Å²) in [6, 6.07) is 1.59. The molecule has 2 heterocycles. The number of hydrogen-bond donors (Lipinski definition) is 1. The number of carbonyl (C=O) groups is 1. The Morgan fingerprint density at radius 3 is 2.68 bits per heavy atom. The Bertz CT molecular complexity index is 734. The van der Waals surface area contributed by atoms with Crippen LogP contribution in [-0.2, 0) is 0 Å². The van der Waals surface area contributed by atoms with Gasteiger partial charge in [-0.1, -0.05) is 0 Å². The lowest BCUT2D eigenvalue weighted by Crippen LogP contribution is -2.45. The molecule has 1 fully saturated rings. The highest BCUT2D eigenvalue weighted by molar-refractivity contribution is 6.00. The van der Waals surface area contributed by atoms with Gasteiger partial charge in [0.15, 0.2) is 11.5 Å². The van der Waals surface area contributed by atoms with Crippen molar-refractivity contribution >= 4 is 11.6 Å². The SMILES string of the molecule is Cc1nc(C(F)F)nc2c(C(=O)NC(C)(C)C3CC3)ccn12. The molecule has 0 bridgehead atoms. The molecule has 0 radical (unpaired) electrons. The first-order chi connectivity index (χ1) is 10.3. The molecular formula is C15H18F2N4O. The van der Waals surface area contributed by atoms with Crippen molar-refractivity contribution in [1.29, 1.82) is 0 Å². The molecule has 0 saturated heterocycles. The normalized spacial score (nSPS) is 15.5. The molecule has 0 atom stereocenters. The van der Waals surface area contributed by atoms with Gasteiger partial charge in [0.2, 0.25) is 0 Å². The Kier molecular flexibility index (Phi) is 3.38. The molecule has 0 aromatic carbocycles. The van der Waals surface area contributed by atoms with Crippen molar-refractivity contribution in [2.24, 2.45) is 5.92 Å². The van der Waals surface area contributed by atoms with Crippen molar-refractivity contribution in [3.05, 3.63) is 29.5 Å². The van der Waals surface area contributed by atoms with Gasteiger partial charge in [-0.05, 0) is 45.6 Å². The Balaban J connectivity index is 1.98. The fourth-order valence-corrected chi connectivity index (χ4v) is 2.69. The summed E-state index contributed by atoms with van der Waals surface area (Å²) in [5.41, 5.74) is 0.201. The van der Waals surface area contributed by atoms with E-state index in [4.69, 9.17) is 0 Å². The van der Waals surface area contributed by atoms with E-state index in [0.29, 0.717) is 17.3 Å². The average molecular weight is 308 g/mol. The summed E-state index contributed by atoms with van der Waals surface area (Å²) in [5, 5.41) is 2.98. The Hall–Kier alpha value is -2.05. The first-order valence-corrected chi connectivity index (χ1v) is 7.26. The predicted molar refractivity (Wildman–Crippen MR) is 77.0 cm³/mol. The lowest BCUT2D eigenvalue weighted by atomic mass is 9.98. The molecule has 1 aliphatic carbocycles. The van der Waals surface area contributed by atoms with Crippen molar-refractivity contribution in [3.8, 4) is 0 Å². The van der Waals surface area contributed by atoms with Gasteiger partial charge in [-0.2, -0.15) is 0 Å². The number of nitrogens with zero attached hydrogens (tertiary/aromatic N) is 3. The summed E-state index contributed by atoms with van der Waals surface area (Å²) in [5.74, 6) is -0.00367. The topological polar surface area (TPSA) is 59.3 Å². The van der Waals surface area contributed by atoms with Crippen LogP contribution >= 0.6 is 0 Å². The molecular weight excluding hydrogens is 290 g/mol. The average Bonchev–Trinajstić information content (AvgIpc) is 3.19. The summed E-state index contributed by atoms with van der Waals surface area (Å²) in [4.78, 5) is 20.1. The molecule has 1 aliphatic rings. The minimum Gasteiger partial charge on any atom is -0.347 e. The van der Waals surface area contributed by atoms with Gasteiger partial charge >= 0.3 is 0 Å². The quantitative estimate of drug-likeness (QED) is 0.945. The van der Waals surface area contributed by atoms with Gasteiger partial charge in [0.1, 0.15) is 5.82 Å². The Morgan fingerprint density at radius 1 is 1.41 bits per heavy atom. The molecule has 2 aromatic heterocycles. The Labute approximate surface area is 126 Å². The van der Waals surface area contributed by atoms with Crippen LogP contribution in [0.2, 0.25) is 0 Å². The van der Waals surface area contributed by atoms with E-state index in [2.05, 4.69) is 15.3 Å². The highest BCUT2D eigenvalue weighted by atomic mass is 19.3. The van der Waals surface area contributed by atoms with Gasteiger partial charge in [0, 0.05) is 11.7 Å². The zero-order chi connectivity index (χ0) is 16.1. The number of amides is 1. The van der Waals surface area contributed by atoms with Crippen LogP contribution < -0.4 is 5.32 Å². The summed E-state index contributed by atoms with van der Waals surface area (Å²) in [6.45, 7) is 5.56. The molecule has 1 saturated carbocycles. The second-order valence-corrected chi connectivity index (χ2v) is 6.30. The highest BCUT2D eigenvalue weighted by Crippen LogP contribution is 2.39. The summed E-state index contributed by atoms with van der Waals surface area (Å²) >= 11 is 0. The van der Waals surface area contributed by atoms with Gasteiger partial charge in [-0.15, -0.1) is 0 Å². The second-order valence-electron chi connectivity index (χ2n) is 6.30. The number of aromatic nitrogens is 3. The van der Waals surface area contributed by atoms with Gasteiger partial charge in [-0.25, -0.2) is 18.7 Å². The number of halogens is 2. The summed E-state index contributed by atoms with van der Waals surface area (Å²) < 4.78 is 27.3. The zero-order valence-corrected chi connectivity index (χ0v) is 12.7. The smallest absolute Gasteiger partial charge is 0.297 e. The van der Waals surface area contributed by atoms with E-state index in [9.17, 15) is 13.6 Å². The van der Waals surface area contributed by atoms with Gasteiger partial charge in [0.25, 0.3) is 12.3 Å². The van der Waals surface area contributed by atoms with Crippen LogP contribution in [0.4, 0.5) is 8.78 Å². The molecule has 1 amide bonds. The van der Waals surface area contributed by atoms with Crippen LogP contribution in [0.3, 0.4) is 0 Å². The molecule has 3 rings (SSSR count). The molecule has 1 N–H and O–H groups in total. The fraction of sp³-hybridized carbons (Fsp3) is 0.533. The van der Waals surface area contributed by atoms with Crippen molar-refractivity contribution < 1.29 is 13.6 Å². The lowest BCUT2D eigenvalue weighted by molar-refractivity contribution is 0.0904. The van der Waals surface area contributed by atoms with Crippen molar-refractivity contribution in [2.75, 3.05) is 0 Å². The van der Waals surface area contributed by atoms with Crippen LogP contribution in [0.15, 0.2) is 12.3 Å². The molecule has 22 heavy (non-hydrogen) atoms. The molecule has 0 aliphatic heterocycles. The van der Waals surface area contributed by atoms with E-state index in [1.54, 1.807) is 23.6 Å². The number of aryl methyl sites for hydroxylation is 1. The van der Waals surface area contributed by atoms with E-state index >= 15 is 0 Å². The summed E-state index contributed by atoms with van der Waals surface area (Å²) in [7, 11) is 0. The third-order valence-corrected chi connectivity index (χ3v) is 4.18. The minimum absolute atomic E-state index is 0.215. The number of alkyl halides is 2. The highest BCUT2D eigenvalue weighted by Gasteiger charge is 2.39. The number of hydrogen-bond acceptors (Lipinski definition) is 3. The number of nitrogens with one attached hydrogen (secondary N) is 1. The van der Waals surface area contributed by atoms with Crippen LogP contribution in [0.1, 0.15) is 55.1 Å². The molecule has 118 valence electrons. The molecule has 0 spiro atoms. The minimum atomic E-state index is -2.77.